The Labute approximate surface area is 100 Å². The topological polar surface area (TPSA) is 64.1 Å². The first-order chi connectivity index (χ1) is 8.32. The first-order valence-electron chi connectivity index (χ1n) is 5.03. The van der Waals surface area contributed by atoms with Crippen LogP contribution in [0.3, 0.4) is 0 Å². The molecular weight excluding hydrogens is 247 g/mol. The molecule has 1 aromatic carbocycles. The molecule has 4 nitrogen and oxygen atoms in total. The number of benzene rings is 1. The summed E-state index contributed by atoms with van der Waals surface area (Å²) >= 11 is 0. The summed E-state index contributed by atoms with van der Waals surface area (Å²) in [7, 11) is 0. The van der Waals surface area contributed by atoms with Crippen LogP contribution in [0.4, 0.5) is 18.9 Å². The summed E-state index contributed by atoms with van der Waals surface area (Å²) in [4.78, 5) is 0. The van der Waals surface area contributed by atoms with E-state index in [4.69, 9.17) is 5.73 Å². The van der Waals surface area contributed by atoms with E-state index in [0.29, 0.717) is 4.68 Å². The van der Waals surface area contributed by atoms with Crippen molar-refractivity contribution in [3.8, 4) is 11.4 Å². The fourth-order valence-corrected chi connectivity index (χ4v) is 1.63. The van der Waals surface area contributed by atoms with E-state index in [1.807, 2.05) is 0 Å². The van der Waals surface area contributed by atoms with Crippen LogP contribution in [0, 0.1) is 6.92 Å². The molecular formula is C11H10F3N3O. The molecule has 0 unspecified atom stereocenters. The average molecular weight is 257 g/mol. The Morgan fingerprint density at radius 3 is 2.44 bits per heavy atom. The highest BCUT2D eigenvalue weighted by atomic mass is 19.4. The van der Waals surface area contributed by atoms with Crippen LogP contribution in [0.15, 0.2) is 24.3 Å². The predicted octanol–water partition coefficient (Wildman–Crippen LogP) is 2.49. The van der Waals surface area contributed by atoms with Crippen molar-refractivity contribution in [2.24, 2.45) is 0 Å². The molecule has 0 aliphatic rings. The molecule has 0 radical (unpaired) electrons. The number of hydrogen-bond donors (Lipinski definition) is 2. The number of aromatic nitrogens is 2. The Morgan fingerprint density at radius 1 is 1.28 bits per heavy atom. The van der Waals surface area contributed by atoms with E-state index in [1.165, 1.54) is 31.2 Å². The molecule has 0 saturated heterocycles. The van der Waals surface area contributed by atoms with Gasteiger partial charge in [0.05, 0.1) is 11.4 Å². The molecule has 3 N–H and O–H groups in total. The van der Waals surface area contributed by atoms with Crippen LogP contribution in [0.5, 0.6) is 5.75 Å². The zero-order chi connectivity index (χ0) is 13.5. The van der Waals surface area contributed by atoms with Gasteiger partial charge in [0, 0.05) is 0 Å². The number of aryl methyl sites for hydroxylation is 1. The third kappa shape index (κ3) is 1.87. The number of nitrogens with zero attached hydrogens (tertiary/aromatic N) is 2. The first kappa shape index (κ1) is 12.3. The van der Waals surface area contributed by atoms with Crippen LogP contribution in [-0.4, -0.2) is 14.9 Å². The molecule has 0 fully saturated rings. The van der Waals surface area contributed by atoms with E-state index in [1.54, 1.807) is 0 Å². The van der Waals surface area contributed by atoms with Gasteiger partial charge < -0.3 is 10.8 Å². The minimum absolute atomic E-state index is 0.0607. The Balaban J connectivity index is 2.73. The molecule has 0 aliphatic heterocycles. The van der Waals surface area contributed by atoms with Gasteiger partial charge in [0.25, 0.3) is 0 Å². The molecule has 0 amide bonds. The third-order valence-corrected chi connectivity index (χ3v) is 2.49. The van der Waals surface area contributed by atoms with Gasteiger partial charge >= 0.3 is 6.18 Å². The second-order valence-corrected chi connectivity index (χ2v) is 3.75. The number of phenolic OH excluding ortho intramolecular Hbond substituents is 1. The highest BCUT2D eigenvalue weighted by molar-refractivity contribution is 5.55. The van der Waals surface area contributed by atoms with Crippen molar-refractivity contribution in [1.82, 2.24) is 9.78 Å². The third-order valence-electron chi connectivity index (χ3n) is 2.49. The number of nitrogens with two attached hydrogens (primary N) is 1. The number of para-hydroxylation sites is 2. The summed E-state index contributed by atoms with van der Waals surface area (Å²) in [5, 5.41) is 13.3. The number of hydrogen-bond acceptors (Lipinski definition) is 3. The van der Waals surface area contributed by atoms with Crippen molar-refractivity contribution in [2.75, 3.05) is 5.73 Å². The summed E-state index contributed by atoms with van der Waals surface area (Å²) in [6, 6.07) is 5.62. The summed E-state index contributed by atoms with van der Waals surface area (Å²) in [5.74, 6) is -0.300. The molecule has 2 aromatic rings. The van der Waals surface area contributed by atoms with Crippen LogP contribution < -0.4 is 5.73 Å². The normalized spacial score (nSPS) is 11.8. The highest BCUT2D eigenvalue weighted by Crippen LogP contribution is 2.37. The second-order valence-electron chi connectivity index (χ2n) is 3.75. The standard InChI is InChI=1S/C11H10F3N3O/c1-6-9(15)10(11(12,13)14)17(16-6)7-4-2-3-5-8(7)18/h2-5,18H,15H2,1H3. The summed E-state index contributed by atoms with van der Waals surface area (Å²) in [6.45, 7) is 1.38. The van der Waals surface area contributed by atoms with Gasteiger partial charge in [-0.05, 0) is 19.1 Å². The fraction of sp³-hybridized carbons (Fsp3) is 0.182. The molecule has 0 saturated carbocycles. The van der Waals surface area contributed by atoms with Crippen LogP contribution in [0.2, 0.25) is 0 Å². The van der Waals surface area contributed by atoms with E-state index in [0.717, 1.165) is 0 Å². The molecule has 18 heavy (non-hydrogen) atoms. The number of phenols is 1. The number of aromatic hydroxyl groups is 1. The number of rotatable bonds is 1. The summed E-state index contributed by atoms with van der Waals surface area (Å²) in [5.41, 5.74) is 3.87. The van der Waals surface area contributed by atoms with Crippen molar-refractivity contribution >= 4 is 5.69 Å². The quantitative estimate of drug-likeness (QED) is 0.824. The molecule has 7 heteroatoms. The minimum Gasteiger partial charge on any atom is -0.506 e. The van der Waals surface area contributed by atoms with Crippen LogP contribution in [0.1, 0.15) is 11.4 Å². The van der Waals surface area contributed by atoms with Gasteiger partial charge in [-0.25, -0.2) is 4.68 Å². The highest BCUT2D eigenvalue weighted by Gasteiger charge is 2.39. The molecule has 0 bridgehead atoms. The zero-order valence-corrected chi connectivity index (χ0v) is 9.36. The monoisotopic (exact) mass is 257 g/mol. The Hall–Kier alpha value is -2.18. The van der Waals surface area contributed by atoms with Gasteiger partial charge in [-0.3, -0.25) is 0 Å². The SMILES string of the molecule is Cc1nn(-c2ccccc2O)c(C(F)(F)F)c1N. The molecule has 2 rings (SSSR count). The van der Waals surface area contributed by atoms with Crippen molar-refractivity contribution in [1.29, 1.82) is 0 Å². The molecule has 0 aliphatic carbocycles. The van der Waals surface area contributed by atoms with Crippen LogP contribution in [-0.2, 0) is 6.18 Å². The van der Waals surface area contributed by atoms with E-state index in [9.17, 15) is 18.3 Å². The first-order valence-corrected chi connectivity index (χ1v) is 5.03. The van der Waals surface area contributed by atoms with Gasteiger partial charge in [-0.1, -0.05) is 12.1 Å². The maximum atomic E-state index is 12.9. The second kappa shape index (κ2) is 3.94. The van der Waals surface area contributed by atoms with Crippen LogP contribution in [0.25, 0.3) is 5.69 Å². The van der Waals surface area contributed by atoms with Gasteiger partial charge in [0.2, 0.25) is 0 Å². The number of anilines is 1. The summed E-state index contributed by atoms with van der Waals surface area (Å²) < 4.78 is 39.4. The lowest BCUT2D eigenvalue weighted by atomic mass is 10.2. The van der Waals surface area contributed by atoms with Crippen LogP contribution >= 0.6 is 0 Å². The summed E-state index contributed by atoms with van der Waals surface area (Å²) in [6.07, 6.45) is -4.65. The number of alkyl halides is 3. The van der Waals surface area contributed by atoms with Crippen molar-refractivity contribution in [2.45, 2.75) is 13.1 Å². The number of halogens is 3. The lowest BCUT2D eigenvalue weighted by Gasteiger charge is -2.12. The molecule has 0 atom stereocenters. The largest absolute Gasteiger partial charge is 0.506 e. The van der Waals surface area contributed by atoms with Crippen molar-refractivity contribution < 1.29 is 18.3 Å². The zero-order valence-electron chi connectivity index (χ0n) is 9.36. The lowest BCUT2D eigenvalue weighted by Crippen LogP contribution is -2.15. The Morgan fingerprint density at radius 2 is 1.89 bits per heavy atom. The van der Waals surface area contributed by atoms with E-state index in [2.05, 4.69) is 5.10 Å². The Kier molecular flexibility index (Phi) is 2.68. The maximum Gasteiger partial charge on any atom is 0.435 e. The van der Waals surface area contributed by atoms with Gasteiger partial charge in [0.1, 0.15) is 11.4 Å². The van der Waals surface area contributed by atoms with E-state index >= 15 is 0 Å². The fourth-order valence-electron chi connectivity index (χ4n) is 1.63. The minimum atomic E-state index is -4.65. The van der Waals surface area contributed by atoms with E-state index in [-0.39, 0.29) is 17.1 Å². The smallest absolute Gasteiger partial charge is 0.435 e. The average Bonchev–Trinajstić information content (AvgIpc) is 2.55. The lowest BCUT2D eigenvalue weighted by molar-refractivity contribution is -0.142. The molecule has 0 spiro atoms. The Bertz CT molecular complexity index is 590. The van der Waals surface area contributed by atoms with Gasteiger partial charge in [0.15, 0.2) is 5.69 Å². The molecule has 1 heterocycles. The van der Waals surface area contributed by atoms with Crippen molar-refractivity contribution in [3.05, 3.63) is 35.7 Å². The van der Waals surface area contributed by atoms with Crippen molar-refractivity contribution in [3.63, 3.8) is 0 Å². The van der Waals surface area contributed by atoms with Gasteiger partial charge in [-0.15, -0.1) is 0 Å². The predicted molar refractivity (Wildman–Crippen MR) is 59.4 cm³/mol. The maximum absolute atomic E-state index is 12.9. The van der Waals surface area contributed by atoms with Gasteiger partial charge in [-0.2, -0.15) is 18.3 Å². The molecule has 96 valence electrons. The number of nitrogen functional groups attached to an aromatic ring is 1. The molecule has 1 aromatic heterocycles. The van der Waals surface area contributed by atoms with E-state index < -0.39 is 17.6 Å².